The summed E-state index contributed by atoms with van der Waals surface area (Å²) in [5.74, 6) is 1.66. The van der Waals surface area contributed by atoms with Crippen LogP contribution in [0.1, 0.15) is 25.8 Å². The lowest BCUT2D eigenvalue weighted by atomic mass is 10.2. The molecule has 0 amide bonds. The van der Waals surface area contributed by atoms with E-state index >= 15 is 0 Å². The molecule has 19 heavy (non-hydrogen) atoms. The Hall–Kier alpha value is -1.26. The van der Waals surface area contributed by atoms with E-state index in [0.717, 1.165) is 37.6 Å². The van der Waals surface area contributed by atoms with Crippen LogP contribution in [0.3, 0.4) is 0 Å². The quantitative estimate of drug-likeness (QED) is 0.672. The SMILES string of the molecule is COc1cc(CNCCCNC(C)C)cc(OC)c1. The second-order valence-corrected chi connectivity index (χ2v) is 4.86. The van der Waals surface area contributed by atoms with E-state index in [2.05, 4.69) is 24.5 Å². The molecule has 0 bridgehead atoms. The molecule has 1 aromatic carbocycles. The van der Waals surface area contributed by atoms with E-state index < -0.39 is 0 Å². The Balaban J connectivity index is 2.32. The Labute approximate surface area is 116 Å². The summed E-state index contributed by atoms with van der Waals surface area (Å²) in [7, 11) is 3.34. The molecule has 4 nitrogen and oxygen atoms in total. The first kappa shape index (κ1) is 15.8. The molecule has 0 fully saturated rings. The molecular formula is C15H26N2O2. The highest BCUT2D eigenvalue weighted by Gasteiger charge is 2.01. The zero-order chi connectivity index (χ0) is 14.1. The molecule has 2 N–H and O–H groups in total. The molecule has 1 aromatic rings. The molecule has 0 radical (unpaired) electrons. The molecule has 0 saturated heterocycles. The van der Waals surface area contributed by atoms with Crippen molar-refractivity contribution >= 4 is 0 Å². The van der Waals surface area contributed by atoms with Gasteiger partial charge in [-0.25, -0.2) is 0 Å². The monoisotopic (exact) mass is 266 g/mol. The molecule has 0 saturated carbocycles. The zero-order valence-electron chi connectivity index (χ0n) is 12.5. The van der Waals surface area contributed by atoms with E-state index in [1.165, 1.54) is 5.56 Å². The Morgan fingerprint density at radius 1 is 1.00 bits per heavy atom. The lowest BCUT2D eigenvalue weighted by molar-refractivity contribution is 0.393. The molecule has 0 aliphatic carbocycles. The van der Waals surface area contributed by atoms with Crippen LogP contribution in [0.25, 0.3) is 0 Å². The van der Waals surface area contributed by atoms with Crippen LogP contribution >= 0.6 is 0 Å². The molecule has 0 unspecified atom stereocenters. The van der Waals surface area contributed by atoms with Gasteiger partial charge in [0.15, 0.2) is 0 Å². The van der Waals surface area contributed by atoms with E-state index in [1.54, 1.807) is 14.2 Å². The smallest absolute Gasteiger partial charge is 0.122 e. The second kappa shape index (κ2) is 8.77. The Kier molecular flexibility index (Phi) is 7.30. The summed E-state index contributed by atoms with van der Waals surface area (Å²) in [5.41, 5.74) is 1.17. The number of hydrogen-bond acceptors (Lipinski definition) is 4. The summed E-state index contributed by atoms with van der Waals surface area (Å²) in [6.07, 6.45) is 1.12. The van der Waals surface area contributed by atoms with E-state index in [0.29, 0.717) is 6.04 Å². The van der Waals surface area contributed by atoms with Gasteiger partial charge in [-0.1, -0.05) is 13.8 Å². The number of hydrogen-bond donors (Lipinski definition) is 2. The fourth-order valence-corrected chi connectivity index (χ4v) is 1.81. The number of nitrogens with one attached hydrogen (secondary N) is 2. The van der Waals surface area contributed by atoms with Crippen molar-refractivity contribution in [3.05, 3.63) is 23.8 Å². The van der Waals surface area contributed by atoms with Crippen LogP contribution in [-0.2, 0) is 6.54 Å². The molecular weight excluding hydrogens is 240 g/mol. The largest absolute Gasteiger partial charge is 0.497 e. The maximum atomic E-state index is 5.25. The first-order valence-corrected chi connectivity index (χ1v) is 6.81. The summed E-state index contributed by atoms with van der Waals surface area (Å²) < 4.78 is 10.5. The van der Waals surface area contributed by atoms with Crippen molar-refractivity contribution in [2.45, 2.75) is 32.9 Å². The lowest BCUT2D eigenvalue weighted by Gasteiger charge is -2.10. The number of ether oxygens (including phenoxy) is 2. The fraction of sp³-hybridized carbons (Fsp3) is 0.600. The highest BCUT2D eigenvalue weighted by atomic mass is 16.5. The molecule has 0 spiro atoms. The van der Waals surface area contributed by atoms with Gasteiger partial charge in [-0.3, -0.25) is 0 Å². The van der Waals surface area contributed by atoms with E-state index in [1.807, 2.05) is 18.2 Å². The van der Waals surface area contributed by atoms with Gasteiger partial charge in [0, 0.05) is 18.7 Å². The van der Waals surface area contributed by atoms with Crippen molar-refractivity contribution in [1.82, 2.24) is 10.6 Å². The summed E-state index contributed by atoms with van der Waals surface area (Å²) in [6.45, 7) is 7.20. The van der Waals surface area contributed by atoms with Crippen molar-refractivity contribution in [2.75, 3.05) is 27.3 Å². The predicted molar refractivity (Wildman–Crippen MR) is 79.0 cm³/mol. The average molecular weight is 266 g/mol. The van der Waals surface area contributed by atoms with Gasteiger partial charge >= 0.3 is 0 Å². The molecule has 4 heteroatoms. The molecule has 0 aromatic heterocycles. The van der Waals surface area contributed by atoms with Gasteiger partial charge in [0.1, 0.15) is 11.5 Å². The van der Waals surface area contributed by atoms with Crippen LogP contribution in [0.15, 0.2) is 18.2 Å². The van der Waals surface area contributed by atoms with Crippen molar-refractivity contribution in [3.63, 3.8) is 0 Å². The summed E-state index contributed by atoms with van der Waals surface area (Å²) >= 11 is 0. The minimum atomic E-state index is 0.558. The normalized spacial score (nSPS) is 10.8. The Morgan fingerprint density at radius 2 is 1.63 bits per heavy atom. The maximum Gasteiger partial charge on any atom is 0.122 e. The summed E-state index contributed by atoms with van der Waals surface area (Å²) in [4.78, 5) is 0. The predicted octanol–water partition coefficient (Wildman–Crippen LogP) is 2.18. The van der Waals surface area contributed by atoms with Gasteiger partial charge in [0.05, 0.1) is 14.2 Å². The number of benzene rings is 1. The zero-order valence-corrected chi connectivity index (χ0v) is 12.5. The minimum absolute atomic E-state index is 0.558. The van der Waals surface area contributed by atoms with Crippen LogP contribution in [0.5, 0.6) is 11.5 Å². The van der Waals surface area contributed by atoms with Gasteiger partial charge in [-0.2, -0.15) is 0 Å². The Morgan fingerprint density at radius 3 is 2.16 bits per heavy atom. The molecule has 0 aliphatic rings. The fourth-order valence-electron chi connectivity index (χ4n) is 1.81. The molecule has 108 valence electrons. The van der Waals surface area contributed by atoms with Gasteiger partial charge < -0.3 is 20.1 Å². The van der Waals surface area contributed by atoms with E-state index in [4.69, 9.17) is 9.47 Å². The van der Waals surface area contributed by atoms with Gasteiger partial charge in [0.2, 0.25) is 0 Å². The van der Waals surface area contributed by atoms with Crippen LogP contribution < -0.4 is 20.1 Å². The van der Waals surface area contributed by atoms with Crippen LogP contribution in [0, 0.1) is 0 Å². The second-order valence-electron chi connectivity index (χ2n) is 4.86. The highest BCUT2D eigenvalue weighted by molar-refractivity contribution is 5.38. The first-order chi connectivity index (χ1) is 9.15. The van der Waals surface area contributed by atoms with E-state index in [-0.39, 0.29) is 0 Å². The summed E-state index contributed by atoms with van der Waals surface area (Å²) in [5, 5.41) is 6.83. The average Bonchev–Trinajstić information content (AvgIpc) is 2.41. The van der Waals surface area contributed by atoms with Crippen LogP contribution in [0.4, 0.5) is 0 Å². The number of rotatable bonds is 9. The maximum absolute atomic E-state index is 5.25. The van der Waals surface area contributed by atoms with Crippen molar-refractivity contribution in [1.29, 1.82) is 0 Å². The Bertz CT molecular complexity index is 345. The molecule has 0 heterocycles. The highest BCUT2D eigenvalue weighted by Crippen LogP contribution is 2.22. The third-order valence-electron chi connectivity index (χ3n) is 2.82. The standard InChI is InChI=1S/C15H26N2O2/c1-12(2)17-7-5-6-16-11-13-8-14(18-3)10-15(9-13)19-4/h8-10,12,16-17H,5-7,11H2,1-4H3. The molecule has 0 atom stereocenters. The van der Waals surface area contributed by atoms with Crippen LogP contribution in [0.2, 0.25) is 0 Å². The van der Waals surface area contributed by atoms with Crippen molar-refractivity contribution in [2.24, 2.45) is 0 Å². The van der Waals surface area contributed by atoms with Crippen molar-refractivity contribution < 1.29 is 9.47 Å². The lowest BCUT2D eigenvalue weighted by Crippen LogP contribution is -2.26. The third-order valence-corrected chi connectivity index (χ3v) is 2.82. The van der Waals surface area contributed by atoms with Gasteiger partial charge in [-0.15, -0.1) is 0 Å². The number of methoxy groups -OCH3 is 2. The van der Waals surface area contributed by atoms with Crippen LogP contribution in [-0.4, -0.2) is 33.4 Å². The molecule has 0 aliphatic heterocycles. The third kappa shape index (κ3) is 6.45. The summed E-state index contributed by atoms with van der Waals surface area (Å²) in [6, 6.07) is 6.50. The van der Waals surface area contributed by atoms with Gasteiger partial charge in [0.25, 0.3) is 0 Å². The topological polar surface area (TPSA) is 42.5 Å². The minimum Gasteiger partial charge on any atom is -0.497 e. The van der Waals surface area contributed by atoms with Gasteiger partial charge in [-0.05, 0) is 37.2 Å². The first-order valence-electron chi connectivity index (χ1n) is 6.81. The van der Waals surface area contributed by atoms with E-state index in [9.17, 15) is 0 Å². The van der Waals surface area contributed by atoms with Crippen molar-refractivity contribution in [3.8, 4) is 11.5 Å². The molecule has 1 rings (SSSR count).